The molecule has 0 radical (unpaired) electrons. The third-order valence-corrected chi connectivity index (χ3v) is 7.63. The average molecular weight is 585 g/mol. The van der Waals surface area contributed by atoms with E-state index in [0.29, 0.717) is 30.5 Å². The van der Waals surface area contributed by atoms with E-state index in [0.717, 1.165) is 49.1 Å². The molecule has 0 unspecified atom stereocenters. The van der Waals surface area contributed by atoms with Crippen molar-refractivity contribution < 1.29 is 23.2 Å². The molecular formula is C29H40N6O5S. The molecule has 11 nitrogen and oxygen atoms in total. The Morgan fingerprint density at radius 3 is 2.37 bits per heavy atom. The van der Waals surface area contributed by atoms with E-state index < -0.39 is 15.6 Å². The summed E-state index contributed by atoms with van der Waals surface area (Å²) in [7, 11) is -3.68. The molecule has 41 heavy (non-hydrogen) atoms. The first-order valence-electron chi connectivity index (χ1n) is 13.6. The molecule has 3 rings (SSSR count). The van der Waals surface area contributed by atoms with Crippen molar-refractivity contribution in [3.63, 3.8) is 0 Å². The third-order valence-electron chi connectivity index (χ3n) is 5.87. The predicted octanol–water partition coefficient (Wildman–Crippen LogP) is 5.57. The first-order valence-corrected chi connectivity index (χ1v) is 15.1. The zero-order valence-electron chi connectivity index (χ0n) is 24.0. The van der Waals surface area contributed by atoms with Crippen LogP contribution in [0, 0.1) is 6.92 Å². The topological polar surface area (TPSA) is 155 Å². The molecule has 0 saturated carbocycles. The van der Waals surface area contributed by atoms with Gasteiger partial charge in [0.2, 0.25) is 21.9 Å². The lowest BCUT2D eigenvalue weighted by atomic mass is 10.1. The lowest BCUT2D eigenvalue weighted by Gasteiger charge is -2.20. The molecule has 2 aromatic carbocycles. The first-order chi connectivity index (χ1) is 19.4. The van der Waals surface area contributed by atoms with E-state index >= 15 is 0 Å². The Labute approximate surface area is 242 Å². The Morgan fingerprint density at radius 1 is 0.951 bits per heavy atom. The van der Waals surface area contributed by atoms with E-state index in [9.17, 15) is 13.2 Å². The highest BCUT2D eigenvalue weighted by molar-refractivity contribution is 7.89. The van der Waals surface area contributed by atoms with Crippen molar-refractivity contribution in [2.24, 2.45) is 0 Å². The van der Waals surface area contributed by atoms with Crippen molar-refractivity contribution >= 4 is 39.1 Å². The van der Waals surface area contributed by atoms with Gasteiger partial charge in [-0.3, -0.25) is 10.0 Å². The number of unbranched alkanes of at least 4 members (excludes halogenated alkanes) is 4. The minimum Gasteiger partial charge on any atom is -0.494 e. The van der Waals surface area contributed by atoms with Gasteiger partial charge < -0.3 is 15.4 Å². The number of nitrogens with zero attached hydrogens (tertiary/aromatic N) is 2. The van der Waals surface area contributed by atoms with E-state index in [1.165, 1.54) is 0 Å². The fourth-order valence-electron chi connectivity index (χ4n) is 3.90. The van der Waals surface area contributed by atoms with Gasteiger partial charge in [-0.25, -0.2) is 23.6 Å². The number of anilines is 4. The van der Waals surface area contributed by atoms with Gasteiger partial charge in [-0.2, -0.15) is 4.98 Å². The molecule has 222 valence electrons. The number of benzene rings is 2. The van der Waals surface area contributed by atoms with Gasteiger partial charge in [0, 0.05) is 35.1 Å². The summed E-state index contributed by atoms with van der Waals surface area (Å²) in [6.45, 7) is 7.86. The van der Waals surface area contributed by atoms with Gasteiger partial charge in [-0.15, -0.1) is 0 Å². The molecule has 0 saturated heterocycles. The number of carbonyl (C=O) groups is 1. The van der Waals surface area contributed by atoms with Crippen molar-refractivity contribution in [2.45, 2.75) is 76.7 Å². The maximum atomic E-state index is 12.7. The highest BCUT2D eigenvalue weighted by Crippen LogP contribution is 2.24. The number of ether oxygens (including phenoxy) is 1. The molecular weight excluding hydrogens is 544 g/mol. The van der Waals surface area contributed by atoms with Gasteiger partial charge in [-0.1, -0.05) is 25.3 Å². The van der Waals surface area contributed by atoms with Crippen LogP contribution in [0.2, 0.25) is 0 Å². The van der Waals surface area contributed by atoms with Gasteiger partial charge >= 0.3 is 0 Å². The maximum absolute atomic E-state index is 12.7. The summed E-state index contributed by atoms with van der Waals surface area (Å²) >= 11 is 0. The molecule has 1 aromatic heterocycles. The van der Waals surface area contributed by atoms with Crippen LogP contribution in [0.25, 0.3) is 0 Å². The second-order valence-corrected chi connectivity index (χ2v) is 12.5. The lowest BCUT2D eigenvalue weighted by molar-refractivity contribution is -0.129. The van der Waals surface area contributed by atoms with E-state index in [1.807, 2.05) is 31.2 Å². The molecule has 0 aliphatic rings. The summed E-state index contributed by atoms with van der Waals surface area (Å²) < 4.78 is 34.0. The SMILES string of the molecule is Cc1cnc(Nc2ccc(OCCCCCCCC(=O)NO)cc2)nc1Nc1cccc(S(=O)(=O)NC(C)(C)C)c1. The second-order valence-electron chi connectivity index (χ2n) is 10.8. The van der Waals surface area contributed by atoms with Crippen LogP contribution in [0.1, 0.15) is 64.9 Å². The van der Waals surface area contributed by atoms with E-state index in [-0.39, 0.29) is 10.8 Å². The Hall–Kier alpha value is -3.74. The highest BCUT2D eigenvalue weighted by Gasteiger charge is 2.22. The lowest BCUT2D eigenvalue weighted by Crippen LogP contribution is -2.40. The molecule has 0 atom stereocenters. The standard InChI is InChI=1S/C29H40N6O5S/c1-21-20-30-28(33-27(21)31-23-11-10-12-25(19-23)41(38,39)35-29(2,3)4)32-22-14-16-24(17-15-22)40-18-9-7-5-6-8-13-26(36)34-37/h10-12,14-17,19-20,35,37H,5-9,13,18H2,1-4H3,(H,34,36)(H2,30,31,32,33). The fraction of sp³-hybridized carbons (Fsp3) is 0.414. The summed E-state index contributed by atoms with van der Waals surface area (Å²) in [5.41, 5.74) is 3.23. The number of aromatic nitrogens is 2. The molecule has 0 fully saturated rings. The number of hydroxylamine groups is 1. The maximum Gasteiger partial charge on any atom is 0.243 e. The van der Waals surface area contributed by atoms with Gasteiger partial charge in [0.15, 0.2) is 0 Å². The van der Waals surface area contributed by atoms with Crippen LogP contribution in [0.5, 0.6) is 5.75 Å². The number of carbonyl (C=O) groups excluding carboxylic acids is 1. The minimum atomic E-state index is -3.68. The Balaban J connectivity index is 1.52. The number of sulfonamides is 1. The molecule has 1 heterocycles. The van der Waals surface area contributed by atoms with Crippen LogP contribution in [-0.4, -0.2) is 41.6 Å². The molecule has 12 heteroatoms. The van der Waals surface area contributed by atoms with Crippen LogP contribution < -0.4 is 25.6 Å². The van der Waals surface area contributed by atoms with Crippen LogP contribution in [0.4, 0.5) is 23.1 Å². The Morgan fingerprint density at radius 2 is 1.66 bits per heavy atom. The van der Waals surface area contributed by atoms with Crippen LogP contribution >= 0.6 is 0 Å². The summed E-state index contributed by atoms with van der Waals surface area (Å²) in [4.78, 5) is 20.1. The van der Waals surface area contributed by atoms with E-state index in [2.05, 4.69) is 25.3 Å². The third kappa shape index (κ3) is 11.0. The van der Waals surface area contributed by atoms with Crippen molar-refractivity contribution in [2.75, 3.05) is 17.2 Å². The van der Waals surface area contributed by atoms with E-state index in [4.69, 9.17) is 9.94 Å². The highest BCUT2D eigenvalue weighted by atomic mass is 32.2. The van der Waals surface area contributed by atoms with Gasteiger partial charge in [-0.05, 0) is 83.0 Å². The zero-order chi connectivity index (χ0) is 29.9. The predicted molar refractivity (Wildman–Crippen MR) is 159 cm³/mol. The van der Waals surface area contributed by atoms with Gasteiger partial charge in [0.1, 0.15) is 11.6 Å². The summed E-state index contributed by atoms with van der Waals surface area (Å²) in [5, 5.41) is 14.9. The quantitative estimate of drug-likeness (QED) is 0.0875. The van der Waals surface area contributed by atoms with Crippen LogP contribution in [0.15, 0.2) is 59.6 Å². The number of rotatable bonds is 15. The monoisotopic (exact) mass is 584 g/mol. The summed E-state index contributed by atoms with van der Waals surface area (Å²) in [6, 6.07) is 14.1. The minimum absolute atomic E-state index is 0.162. The molecule has 0 aliphatic heterocycles. The van der Waals surface area contributed by atoms with Crippen molar-refractivity contribution in [1.29, 1.82) is 0 Å². The summed E-state index contributed by atoms with van der Waals surface area (Å²) in [6.07, 6.45) is 6.67. The number of hydrogen-bond acceptors (Lipinski definition) is 9. The molecule has 1 amide bonds. The zero-order valence-corrected chi connectivity index (χ0v) is 24.8. The fourth-order valence-corrected chi connectivity index (χ4v) is 5.36. The number of aryl methyl sites for hydroxylation is 1. The number of hydrogen-bond donors (Lipinski definition) is 5. The summed E-state index contributed by atoms with van der Waals surface area (Å²) in [5.74, 6) is 1.36. The normalized spacial score (nSPS) is 11.6. The van der Waals surface area contributed by atoms with Crippen molar-refractivity contribution in [1.82, 2.24) is 20.2 Å². The van der Waals surface area contributed by atoms with E-state index in [1.54, 1.807) is 56.7 Å². The largest absolute Gasteiger partial charge is 0.494 e. The Kier molecular flexibility index (Phi) is 11.4. The Bertz CT molecular complexity index is 1390. The first kappa shape index (κ1) is 31.8. The average Bonchev–Trinajstić information content (AvgIpc) is 2.91. The van der Waals surface area contributed by atoms with Crippen LogP contribution in [-0.2, 0) is 14.8 Å². The molecule has 5 N–H and O–H groups in total. The number of amides is 1. The van der Waals surface area contributed by atoms with Crippen LogP contribution in [0.3, 0.4) is 0 Å². The van der Waals surface area contributed by atoms with Crippen molar-refractivity contribution in [3.8, 4) is 5.75 Å². The molecule has 0 bridgehead atoms. The number of nitrogens with one attached hydrogen (secondary N) is 4. The second kappa shape index (κ2) is 14.8. The van der Waals surface area contributed by atoms with Gasteiger partial charge in [0.25, 0.3) is 0 Å². The van der Waals surface area contributed by atoms with Gasteiger partial charge in [0.05, 0.1) is 11.5 Å². The molecule has 0 spiro atoms. The molecule has 0 aliphatic carbocycles. The smallest absolute Gasteiger partial charge is 0.243 e. The molecule has 3 aromatic rings. The van der Waals surface area contributed by atoms with Crippen molar-refractivity contribution in [3.05, 3.63) is 60.3 Å².